The van der Waals surface area contributed by atoms with Gasteiger partial charge < -0.3 is 20.1 Å². The zero-order valence-corrected chi connectivity index (χ0v) is 34.9. The molecule has 0 bridgehead atoms. The van der Waals surface area contributed by atoms with Crippen molar-refractivity contribution in [1.29, 1.82) is 0 Å². The molecule has 0 aliphatic heterocycles. The number of carbonyl (C=O) groups excluding carboxylic acids is 2. The third kappa shape index (κ3) is 6.81. The first-order chi connectivity index (χ1) is 25.5. The second-order valence-electron chi connectivity index (χ2n) is 20.6. The summed E-state index contributed by atoms with van der Waals surface area (Å²) < 4.78 is 6.16. The number of nitrogens with zero attached hydrogens (tertiary/aromatic N) is 1. The summed E-state index contributed by atoms with van der Waals surface area (Å²) in [7, 11) is 0. The maximum atomic E-state index is 14.2. The van der Waals surface area contributed by atoms with Gasteiger partial charge in [-0.1, -0.05) is 84.4 Å². The lowest BCUT2D eigenvalue weighted by Crippen LogP contribution is -2.66. The lowest BCUT2D eigenvalue weighted by molar-refractivity contribution is -0.235. The van der Waals surface area contributed by atoms with Crippen LogP contribution in [0.15, 0.2) is 41.5 Å². The number of hydrogen-bond acceptors (Lipinski definition) is 7. The summed E-state index contributed by atoms with van der Waals surface area (Å²) >= 11 is 0. The number of esters is 1. The molecule has 0 heterocycles. The summed E-state index contributed by atoms with van der Waals surface area (Å²) in [5, 5.41) is 31.9. The summed E-state index contributed by atoms with van der Waals surface area (Å²) in [5.41, 5.74) is 0.769. The minimum atomic E-state index is -1.19. The molecule has 6 rings (SSSR count). The number of carbonyl (C=O) groups is 4. The Labute approximate surface area is 328 Å². The van der Waals surface area contributed by atoms with Crippen molar-refractivity contribution in [2.45, 2.75) is 145 Å². The molecule has 0 radical (unpaired) electrons. The normalized spacial score (nSPS) is 36.1. The molecular formula is C46H67NO8. The minimum absolute atomic E-state index is 0.0112. The summed E-state index contributed by atoms with van der Waals surface area (Å²) in [4.78, 5) is 52.9. The lowest BCUT2D eigenvalue weighted by Gasteiger charge is -2.72. The Morgan fingerprint density at radius 2 is 1.56 bits per heavy atom. The predicted molar refractivity (Wildman–Crippen MR) is 211 cm³/mol. The number of rotatable bonds is 12. The van der Waals surface area contributed by atoms with Gasteiger partial charge in [0.1, 0.15) is 6.10 Å². The molecule has 9 heteroatoms. The number of fused-ring (bicyclic) bond motifs is 7. The number of ether oxygens (including phenoxy) is 1. The van der Waals surface area contributed by atoms with Crippen LogP contribution in [0.1, 0.15) is 132 Å². The van der Waals surface area contributed by atoms with Crippen molar-refractivity contribution in [3.8, 4) is 0 Å². The molecular weight excluding hydrogens is 695 g/mol. The first kappa shape index (κ1) is 41.6. The van der Waals surface area contributed by atoms with E-state index >= 15 is 0 Å². The molecule has 3 N–H and O–H groups in total. The molecule has 4 saturated carbocycles. The van der Waals surface area contributed by atoms with Crippen molar-refractivity contribution in [2.75, 3.05) is 13.1 Å². The Balaban J connectivity index is 1.29. The van der Waals surface area contributed by atoms with Gasteiger partial charge in [-0.15, -0.1) is 0 Å². The van der Waals surface area contributed by atoms with Crippen LogP contribution in [0.5, 0.6) is 0 Å². The second-order valence-corrected chi connectivity index (χ2v) is 20.6. The van der Waals surface area contributed by atoms with E-state index in [4.69, 9.17) is 4.74 Å². The summed E-state index contributed by atoms with van der Waals surface area (Å²) in [6, 6.07) is 9.77. The van der Waals surface area contributed by atoms with Crippen molar-refractivity contribution in [3.05, 3.63) is 47.0 Å². The van der Waals surface area contributed by atoms with Gasteiger partial charge in [0, 0.05) is 30.3 Å². The maximum Gasteiger partial charge on any atom is 0.317 e. The Hall–Kier alpha value is -3.04. The van der Waals surface area contributed by atoms with E-state index in [-0.39, 0.29) is 71.3 Å². The average Bonchev–Trinajstić information content (AvgIpc) is 3.39. The predicted octanol–water partition coefficient (Wildman–Crippen LogP) is 8.33. The van der Waals surface area contributed by atoms with Gasteiger partial charge in [0.05, 0.1) is 24.5 Å². The van der Waals surface area contributed by atoms with Crippen LogP contribution in [-0.4, -0.2) is 69.2 Å². The quantitative estimate of drug-likeness (QED) is 0.179. The van der Waals surface area contributed by atoms with Crippen LogP contribution in [0.25, 0.3) is 0 Å². The number of aliphatic hydroxyl groups excluding tert-OH is 1. The highest BCUT2D eigenvalue weighted by Gasteiger charge is 2.71. The highest BCUT2D eigenvalue weighted by Crippen LogP contribution is 2.77. The second kappa shape index (κ2) is 14.4. The van der Waals surface area contributed by atoms with E-state index in [9.17, 15) is 34.5 Å². The van der Waals surface area contributed by atoms with Crippen molar-refractivity contribution in [1.82, 2.24) is 4.90 Å². The van der Waals surface area contributed by atoms with E-state index in [0.29, 0.717) is 24.8 Å². The van der Waals surface area contributed by atoms with Crippen LogP contribution in [0.3, 0.4) is 0 Å². The molecule has 1 aromatic carbocycles. The summed E-state index contributed by atoms with van der Waals surface area (Å²) in [6.45, 7) is 19.7. The molecule has 0 aromatic heterocycles. The molecule has 5 aliphatic rings. The van der Waals surface area contributed by atoms with Gasteiger partial charge in [-0.05, 0) is 116 Å². The maximum absolute atomic E-state index is 14.2. The molecule has 4 fully saturated rings. The van der Waals surface area contributed by atoms with Gasteiger partial charge in [0.15, 0.2) is 5.78 Å². The Kier molecular flexibility index (Phi) is 10.9. The van der Waals surface area contributed by atoms with E-state index in [1.54, 1.807) is 13.8 Å². The zero-order valence-electron chi connectivity index (χ0n) is 34.9. The molecule has 2 unspecified atom stereocenters. The SMILES string of the molecule is CC(C)C1=C2[C@H]3CC[C@@H]4[C@@]5(C)CC[C@H](OC(=O)CC(C)(C)C(=O)O)C(C)(C)[C@@H]5CC[C@@]4(C)[C@]3(C)CCC2(C(O)CN(CC(=O)O)Cc2ccccc2)CC1=O. The van der Waals surface area contributed by atoms with Crippen molar-refractivity contribution >= 4 is 23.7 Å². The van der Waals surface area contributed by atoms with E-state index in [1.165, 1.54) is 5.57 Å². The van der Waals surface area contributed by atoms with Gasteiger partial charge in [-0.25, -0.2) is 0 Å². The first-order valence-electron chi connectivity index (χ1n) is 20.9. The fourth-order valence-electron chi connectivity index (χ4n) is 13.5. The highest BCUT2D eigenvalue weighted by atomic mass is 16.5. The number of allylic oxidation sites excluding steroid dienone is 1. The number of aliphatic carboxylic acids is 2. The zero-order chi connectivity index (χ0) is 40.5. The van der Waals surface area contributed by atoms with Gasteiger partial charge >= 0.3 is 17.9 Å². The number of benzene rings is 1. The molecule has 9 atom stereocenters. The topological polar surface area (TPSA) is 141 Å². The monoisotopic (exact) mass is 761 g/mol. The first-order valence-corrected chi connectivity index (χ1v) is 20.9. The number of aliphatic hydroxyl groups is 1. The van der Waals surface area contributed by atoms with E-state index < -0.39 is 34.8 Å². The highest BCUT2D eigenvalue weighted by molar-refractivity contribution is 6.00. The molecule has 5 aliphatic carbocycles. The fourth-order valence-corrected chi connectivity index (χ4v) is 13.5. The summed E-state index contributed by atoms with van der Waals surface area (Å²) in [6.07, 6.45) is 6.23. The number of hydrogen-bond donors (Lipinski definition) is 3. The van der Waals surface area contributed by atoms with Crippen LogP contribution in [0, 0.1) is 56.2 Å². The smallest absolute Gasteiger partial charge is 0.317 e. The molecule has 55 heavy (non-hydrogen) atoms. The standard InChI is InChI=1S/C46H67NO8/c1-28(2)38-31(48)23-46(34(49)26-47(27-36(50)51)25-29-13-11-10-12-14-29)22-21-44(8)30(39(38)46)15-16-33-43(7)19-18-35(55-37(52)24-41(3,4)40(53)54)42(5,6)32(43)17-20-45(33,44)9/h10-14,28,30,32-35,49H,15-27H2,1-9H3,(H,50,51)(H,53,54)/t30-,32+,33-,34?,35+,43+,44-,45-,46?/m1/s1. The van der Waals surface area contributed by atoms with E-state index in [0.717, 1.165) is 56.1 Å². The van der Waals surface area contributed by atoms with E-state index in [2.05, 4.69) is 48.5 Å². The molecule has 0 amide bonds. The van der Waals surface area contributed by atoms with Gasteiger partial charge in [0.25, 0.3) is 0 Å². The molecule has 304 valence electrons. The number of carboxylic acids is 2. The van der Waals surface area contributed by atoms with Crippen LogP contribution in [-0.2, 0) is 30.5 Å². The third-order valence-electron chi connectivity index (χ3n) is 16.5. The number of ketones is 1. The van der Waals surface area contributed by atoms with Gasteiger partial charge in [-0.3, -0.25) is 24.1 Å². The largest absolute Gasteiger partial charge is 0.481 e. The molecule has 9 nitrogen and oxygen atoms in total. The van der Waals surface area contributed by atoms with Crippen molar-refractivity contribution in [2.24, 2.45) is 56.2 Å². The molecule has 0 spiro atoms. The molecule has 1 aromatic rings. The van der Waals surface area contributed by atoms with Crippen molar-refractivity contribution in [3.63, 3.8) is 0 Å². The average molecular weight is 762 g/mol. The van der Waals surface area contributed by atoms with E-state index in [1.807, 2.05) is 35.2 Å². The Morgan fingerprint density at radius 3 is 2.18 bits per heavy atom. The third-order valence-corrected chi connectivity index (χ3v) is 16.5. The van der Waals surface area contributed by atoms with Crippen LogP contribution < -0.4 is 0 Å². The van der Waals surface area contributed by atoms with Crippen LogP contribution in [0.2, 0.25) is 0 Å². The number of Topliss-reactive ketones (excluding diaryl/α,β-unsaturated/α-hetero) is 1. The Bertz CT molecular complexity index is 1710. The molecule has 0 saturated heterocycles. The van der Waals surface area contributed by atoms with Gasteiger partial charge in [-0.2, -0.15) is 0 Å². The summed E-state index contributed by atoms with van der Waals surface area (Å²) in [5.74, 6) is -1.32. The van der Waals surface area contributed by atoms with Crippen LogP contribution >= 0.6 is 0 Å². The van der Waals surface area contributed by atoms with Gasteiger partial charge in [0.2, 0.25) is 0 Å². The van der Waals surface area contributed by atoms with Crippen molar-refractivity contribution < 1.29 is 39.2 Å². The number of carboxylic acid groups (broad SMARTS) is 2. The van der Waals surface area contributed by atoms with Crippen LogP contribution in [0.4, 0.5) is 0 Å². The minimum Gasteiger partial charge on any atom is -0.481 e. The lowest BCUT2D eigenvalue weighted by atomic mass is 9.33. The Morgan fingerprint density at radius 1 is 0.891 bits per heavy atom. The fraction of sp³-hybridized carbons (Fsp3) is 0.739.